The molecule has 8 aromatic rings. The minimum absolute atomic E-state index is 1.20. The first kappa shape index (κ1) is 16.8. The molecule has 0 amide bonds. The molecule has 0 saturated carbocycles. The number of nitrogens with one attached hydrogen (secondary N) is 1. The number of hydrogen-bond acceptors (Lipinski definition) is 1. The normalized spacial score (nSPS) is 12.4. The first-order valence-corrected chi connectivity index (χ1v) is 11.8. The number of aromatic amines is 1. The molecule has 1 N–H and O–H groups in total. The van der Waals surface area contributed by atoms with E-state index in [4.69, 9.17) is 0 Å². The van der Waals surface area contributed by atoms with E-state index in [1.807, 2.05) is 11.3 Å². The van der Waals surface area contributed by atoms with Gasteiger partial charge in [-0.25, -0.2) is 0 Å². The summed E-state index contributed by atoms with van der Waals surface area (Å²) in [6, 6.07) is 35.7. The Morgan fingerprint density at radius 1 is 0.500 bits per heavy atom. The van der Waals surface area contributed by atoms with Crippen molar-refractivity contribution in [1.82, 2.24) is 4.98 Å². The minimum atomic E-state index is 1.20. The zero-order chi connectivity index (χ0) is 20.8. The van der Waals surface area contributed by atoms with Crippen molar-refractivity contribution in [1.29, 1.82) is 0 Å². The van der Waals surface area contributed by atoms with Gasteiger partial charge in [-0.2, -0.15) is 0 Å². The van der Waals surface area contributed by atoms with Crippen molar-refractivity contribution in [3.8, 4) is 0 Å². The Morgan fingerprint density at radius 2 is 1.22 bits per heavy atom. The van der Waals surface area contributed by atoms with Gasteiger partial charge in [-0.1, -0.05) is 78.9 Å². The molecule has 0 bridgehead atoms. The van der Waals surface area contributed by atoms with Crippen LogP contribution in [0.25, 0.3) is 74.3 Å². The highest BCUT2D eigenvalue weighted by Gasteiger charge is 2.14. The predicted octanol–water partition coefficient (Wildman–Crippen LogP) is 9.15. The van der Waals surface area contributed by atoms with Crippen LogP contribution in [0.4, 0.5) is 0 Å². The molecule has 1 nitrogen and oxygen atoms in total. The van der Waals surface area contributed by atoms with Gasteiger partial charge in [0.25, 0.3) is 0 Å². The van der Waals surface area contributed by atoms with Crippen LogP contribution in [0.2, 0.25) is 0 Å². The molecule has 2 heterocycles. The molecule has 0 radical (unpaired) electrons. The van der Waals surface area contributed by atoms with Gasteiger partial charge in [0, 0.05) is 41.8 Å². The van der Waals surface area contributed by atoms with Gasteiger partial charge < -0.3 is 4.98 Å². The summed E-state index contributed by atoms with van der Waals surface area (Å²) in [5.74, 6) is 0. The van der Waals surface area contributed by atoms with E-state index in [1.165, 1.54) is 74.3 Å². The van der Waals surface area contributed by atoms with Gasteiger partial charge in [0.05, 0.1) is 5.52 Å². The fourth-order valence-electron chi connectivity index (χ4n) is 5.47. The number of benzene rings is 6. The second-order valence-electron chi connectivity index (χ2n) is 8.66. The SMILES string of the molecule is c1ccc2c(c1)ccc1c3cc4c(ccc5sc6c7ccccc7ccc6c54)cc3[nH]c21. The van der Waals surface area contributed by atoms with E-state index in [0.29, 0.717) is 0 Å². The van der Waals surface area contributed by atoms with Gasteiger partial charge in [-0.3, -0.25) is 0 Å². The minimum Gasteiger partial charge on any atom is -0.354 e. The van der Waals surface area contributed by atoms with Gasteiger partial charge in [0.15, 0.2) is 0 Å². The standard InChI is InChI=1S/C30H17NS/c1-3-7-20-17(5-1)9-12-22-25-16-24-19(15-26(25)31-29(20)22)11-14-27-28(24)23-13-10-18-6-2-4-8-21(18)30(23)32-27/h1-16,31H. The Balaban J connectivity index is 1.56. The molecular formula is C30H17NS. The lowest BCUT2D eigenvalue weighted by Crippen LogP contribution is -1.77. The van der Waals surface area contributed by atoms with Crippen LogP contribution in [-0.2, 0) is 0 Å². The van der Waals surface area contributed by atoms with E-state index >= 15 is 0 Å². The van der Waals surface area contributed by atoms with Crippen molar-refractivity contribution >= 4 is 85.6 Å². The van der Waals surface area contributed by atoms with Crippen LogP contribution in [0.1, 0.15) is 0 Å². The molecule has 0 fully saturated rings. The maximum Gasteiger partial charge on any atom is 0.0544 e. The smallest absolute Gasteiger partial charge is 0.0544 e. The van der Waals surface area contributed by atoms with Crippen LogP contribution in [0.5, 0.6) is 0 Å². The van der Waals surface area contributed by atoms with Gasteiger partial charge in [0.2, 0.25) is 0 Å². The third-order valence-corrected chi connectivity index (χ3v) is 8.16. The van der Waals surface area contributed by atoms with E-state index in [2.05, 4.69) is 102 Å². The van der Waals surface area contributed by atoms with Crippen molar-refractivity contribution in [2.24, 2.45) is 0 Å². The summed E-state index contributed by atoms with van der Waals surface area (Å²) in [5.41, 5.74) is 2.43. The van der Waals surface area contributed by atoms with Crippen LogP contribution in [0, 0.1) is 0 Å². The molecule has 0 spiro atoms. The average Bonchev–Trinajstić information content (AvgIpc) is 3.41. The van der Waals surface area contributed by atoms with Crippen LogP contribution in [0.15, 0.2) is 97.1 Å². The Bertz CT molecular complexity index is 2040. The highest BCUT2D eigenvalue weighted by atomic mass is 32.1. The summed E-state index contributed by atoms with van der Waals surface area (Å²) < 4.78 is 2.74. The van der Waals surface area contributed by atoms with Crippen molar-refractivity contribution in [2.45, 2.75) is 0 Å². The van der Waals surface area contributed by atoms with Gasteiger partial charge >= 0.3 is 0 Å². The Kier molecular flexibility index (Phi) is 3.08. The number of H-pyrrole nitrogens is 1. The number of rotatable bonds is 0. The summed E-state index contributed by atoms with van der Waals surface area (Å²) in [4.78, 5) is 3.72. The first-order chi connectivity index (χ1) is 15.8. The highest BCUT2D eigenvalue weighted by Crippen LogP contribution is 2.43. The van der Waals surface area contributed by atoms with Gasteiger partial charge in [-0.15, -0.1) is 11.3 Å². The van der Waals surface area contributed by atoms with E-state index < -0.39 is 0 Å². The molecule has 0 aliphatic carbocycles. The van der Waals surface area contributed by atoms with E-state index in [0.717, 1.165) is 0 Å². The molecule has 2 heteroatoms. The zero-order valence-corrected chi connectivity index (χ0v) is 18.0. The molecular weight excluding hydrogens is 406 g/mol. The zero-order valence-electron chi connectivity index (χ0n) is 17.1. The maximum absolute atomic E-state index is 3.72. The van der Waals surface area contributed by atoms with Gasteiger partial charge in [-0.05, 0) is 45.1 Å². The third-order valence-electron chi connectivity index (χ3n) is 6.96. The topological polar surface area (TPSA) is 15.8 Å². The molecule has 0 atom stereocenters. The van der Waals surface area contributed by atoms with E-state index in [9.17, 15) is 0 Å². The summed E-state index contributed by atoms with van der Waals surface area (Å²) in [5, 5.41) is 13.2. The second kappa shape index (κ2) is 5.87. The highest BCUT2D eigenvalue weighted by molar-refractivity contribution is 7.26. The summed E-state index contributed by atoms with van der Waals surface area (Å²) >= 11 is 1.91. The molecule has 0 aliphatic heterocycles. The molecule has 0 saturated heterocycles. The Hall–Kier alpha value is -3.88. The predicted molar refractivity (Wildman–Crippen MR) is 141 cm³/mol. The van der Waals surface area contributed by atoms with Crippen LogP contribution in [0.3, 0.4) is 0 Å². The maximum atomic E-state index is 3.72. The Labute approximate surface area is 187 Å². The lowest BCUT2D eigenvalue weighted by atomic mass is 9.99. The second-order valence-corrected chi connectivity index (χ2v) is 9.71. The van der Waals surface area contributed by atoms with Crippen molar-refractivity contribution in [3.05, 3.63) is 97.1 Å². The number of hydrogen-bond donors (Lipinski definition) is 1. The Morgan fingerprint density at radius 3 is 2.09 bits per heavy atom. The summed E-state index contributed by atoms with van der Waals surface area (Å²) in [6.07, 6.45) is 0. The lowest BCUT2D eigenvalue weighted by Gasteiger charge is -2.03. The van der Waals surface area contributed by atoms with Crippen LogP contribution in [-0.4, -0.2) is 4.98 Å². The largest absolute Gasteiger partial charge is 0.354 e. The molecule has 0 unspecified atom stereocenters. The molecule has 148 valence electrons. The van der Waals surface area contributed by atoms with Gasteiger partial charge in [0.1, 0.15) is 0 Å². The number of aromatic nitrogens is 1. The summed E-state index contributed by atoms with van der Waals surface area (Å²) in [7, 11) is 0. The molecule has 6 aromatic carbocycles. The molecule has 32 heavy (non-hydrogen) atoms. The van der Waals surface area contributed by atoms with Crippen molar-refractivity contribution in [2.75, 3.05) is 0 Å². The van der Waals surface area contributed by atoms with Crippen molar-refractivity contribution in [3.63, 3.8) is 0 Å². The average molecular weight is 424 g/mol. The van der Waals surface area contributed by atoms with E-state index in [-0.39, 0.29) is 0 Å². The fourth-order valence-corrected chi connectivity index (χ4v) is 6.72. The summed E-state index contributed by atoms with van der Waals surface area (Å²) in [6.45, 7) is 0. The quantitative estimate of drug-likeness (QED) is 0.250. The molecule has 0 aliphatic rings. The van der Waals surface area contributed by atoms with Crippen LogP contribution >= 0.6 is 11.3 Å². The van der Waals surface area contributed by atoms with E-state index in [1.54, 1.807) is 0 Å². The third kappa shape index (κ3) is 2.08. The first-order valence-electron chi connectivity index (χ1n) is 10.9. The molecule has 8 rings (SSSR count). The number of thiophene rings is 1. The lowest BCUT2D eigenvalue weighted by molar-refractivity contribution is 1.57. The fraction of sp³-hybridized carbons (Fsp3) is 0. The number of fused-ring (bicyclic) bond motifs is 12. The van der Waals surface area contributed by atoms with Crippen molar-refractivity contribution < 1.29 is 0 Å². The monoisotopic (exact) mass is 423 g/mol. The van der Waals surface area contributed by atoms with Crippen LogP contribution < -0.4 is 0 Å². The molecule has 2 aromatic heterocycles.